The number of imidazole rings is 1. The molecule has 2 aliphatic carbocycles. The summed E-state index contributed by atoms with van der Waals surface area (Å²) in [5, 5.41) is 9.01. The summed E-state index contributed by atoms with van der Waals surface area (Å²) in [6.45, 7) is 0. The lowest BCUT2D eigenvalue weighted by atomic mass is 9.89. The molecule has 96 valence electrons. The van der Waals surface area contributed by atoms with Crippen LogP contribution in [0.3, 0.4) is 0 Å². The van der Waals surface area contributed by atoms with Gasteiger partial charge in [0.2, 0.25) is 0 Å². The zero-order valence-corrected chi connectivity index (χ0v) is 10.1. The summed E-state index contributed by atoms with van der Waals surface area (Å²) in [7, 11) is 0. The Labute approximate surface area is 105 Å². The Kier molecular flexibility index (Phi) is 2.69. The maximum Gasteiger partial charge on any atom is 0.307 e. The van der Waals surface area contributed by atoms with Crippen LogP contribution in [0.5, 0.6) is 0 Å². The van der Waals surface area contributed by atoms with E-state index in [1.54, 1.807) is 0 Å². The predicted molar refractivity (Wildman–Crippen MR) is 63.6 cm³/mol. The topological polar surface area (TPSA) is 83.0 Å². The van der Waals surface area contributed by atoms with Crippen LogP contribution in [0.4, 0.5) is 0 Å². The second kappa shape index (κ2) is 4.23. The van der Waals surface area contributed by atoms with E-state index in [9.17, 15) is 9.59 Å². The molecule has 0 bridgehead atoms. The van der Waals surface area contributed by atoms with Gasteiger partial charge in [0.1, 0.15) is 11.5 Å². The van der Waals surface area contributed by atoms with Crippen molar-refractivity contribution in [2.45, 2.75) is 44.4 Å². The summed E-state index contributed by atoms with van der Waals surface area (Å²) in [6.07, 6.45) is 5.13. The summed E-state index contributed by atoms with van der Waals surface area (Å²) in [5.74, 6) is -0.319. The maximum absolute atomic E-state index is 11.9. The molecule has 5 nitrogen and oxygen atoms in total. The zero-order valence-electron chi connectivity index (χ0n) is 10.1. The van der Waals surface area contributed by atoms with Crippen LogP contribution in [-0.4, -0.2) is 26.8 Å². The first-order valence-corrected chi connectivity index (χ1v) is 6.50. The zero-order chi connectivity index (χ0) is 12.7. The number of aromatic amines is 1. The van der Waals surface area contributed by atoms with Gasteiger partial charge in [-0.2, -0.15) is 0 Å². The fourth-order valence-electron chi connectivity index (χ4n) is 3.01. The lowest BCUT2D eigenvalue weighted by molar-refractivity contribution is -0.141. The maximum atomic E-state index is 11.9. The van der Waals surface area contributed by atoms with Gasteiger partial charge in [-0.05, 0) is 12.8 Å². The molecular weight excluding hydrogens is 232 g/mol. The Morgan fingerprint density at radius 3 is 2.67 bits per heavy atom. The fourth-order valence-corrected chi connectivity index (χ4v) is 3.01. The number of hydrogen-bond acceptors (Lipinski definition) is 3. The monoisotopic (exact) mass is 248 g/mol. The van der Waals surface area contributed by atoms with Crippen molar-refractivity contribution in [3.8, 4) is 0 Å². The number of ketones is 1. The Morgan fingerprint density at radius 1 is 1.28 bits per heavy atom. The minimum atomic E-state index is -0.897. The third-order valence-electron chi connectivity index (χ3n) is 4.03. The smallest absolute Gasteiger partial charge is 0.307 e. The molecule has 1 unspecified atom stereocenters. The van der Waals surface area contributed by atoms with Gasteiger partial charge in [-0.25, -0.2) is 4.98 Å². The van der Waals surface area contributed by atoms with Crippen LogP contribution < -0.4 is 0 Å². The van der Waals surface area contributed by atoms with E-state index in [-0.39, 0.29) is 12.2 Å². The van der Waals surface area contributed by atoms with Crippen LogP contribution in [0.25, 0.3) is 0 Å². The second-order valence-corrected chi connectivity index (χ2v) is 5.30. The van der Waals surface area contributed by atoms with Crippen molar-refractivity contribution in [3.05, 3.63) is 17.2 Å². The molecule has 1 atom stereocenters. The minimum absolute atomic E-state index is 0.0806. The molecule has 2 N–H and O–H groups in total. The van der Waals surface area contributed by atoms with Gasteiger partial charge < -0.3 is 10.1 Å². The van der Waals surface area contributed by atoms with Crippen molar-refractivity contribution in [1.29, 1.82) is 0 Å². The number of Topliss-reactive ketones (excluding diaryl/α,β-unsaturated/α-hetero) is 1. The quantitative estimate of drug-likeness (QED) is 0.837. The van der Waals surface area contributed by atoms with Crippen molar-refractivity contribution in [3.63, 3.8) is 0 Å². The van der Waals surface area contributed by atoms with Crippen LogP contribution in [-0.2, 0) is 11.2 Å². The van der Waals surface area contributed by atoms with E-state index in [1.165, 1.54) is 12.8 Å². The SMILES string of the molecule is O=C1CC(C(=O)O)Cc2[nH]c(C3CCCC3)nc21. The molecular formula is C13H16N2O3. The van der Waals surface area contributed by atoms with E-state index in [2.05, 4.69) is 9.97 Å². The van der Waals surface area contributed by atoms with Gasteiger partial charge >= 0.3 is 5.97 Å². The highest BCUT2D eigenvalue weighted by Gasteiger charge is 2.33. The van der Waals surface area contributed by atoms with Gasteiger partial charge in [0.25, 0.3) is 0 Å². The highest BCUT2D eigenvalue weighted by atomic mass is 16.4. The highest BCUT2D eigenvalue weighted by Crippen LogP contribution is 2.34. The second-order valence-electron chi connectivity index (χ2n) is 5.30. The molecule has 0 radical (unpaired) electrons. The van der Waals surface area contributed by atoms with Crippen molar-refractivity contribution in [2.75, 3.05) is 0 Å². The molecule has 3 rings (SSSR count). The third-order valence-corrected chi connectivity index (χ3v) is 4.03. The average Bonchev–Trinajstić information content (AvgIpc) is 2.96. The van der Waals surface area contributed by atoms with E-state index in [1.807, 2.05) is 0 Å². The number of hydrogen-bond donors (Lipinski definition) is 2. The lowest BCUT2D eigenvalue weighted by Gasteiger charge is -2.15. The van der Waals surface area contributed by atoms with Crippen molar-refractivity contribution >= 4 is 11.8 Å². The summed E-state index contributed by atoms with van der Waals surface area (Å²) < 4.78 is 0. The number of carbonyl (C=O) groups excluding carboxylic acids is 1. The number of carboxylic acid groups (broad SMARTS) is 1. The summed E-state index contributed by atoms with van der Waals surface area (Å²) in [5.41, 5.74) is 1.20. The van der Waals surface area contributed by atoms with Crippen LogP contribution in [0.2, 0.25) is 0 Å². The van der Waals surface area contributed by atoms with Gasteiger partial charge in [0, 0.05) is 24.5 Å². The fraction of sp³-hybridized carbons (Fsp3) is 0.615. The van der Waals surface area contributed by atoms with Crippen molar-refractivity contribution in [2.24, 2.45) is 5.92 Å². The first-order chi connectivity index (χ1) is 8.65. The number of fused-ring (bicyclic) bond motifs is 1. The molecule has 5 heteroatoms. The predicted octanol–water partition coefficient (Wildman–Crippen LogP) is 1.90. The van der Waals surface area contributed by atoms with Gasteiger partial charge in [0.15, 0.2) is 5.78 Å². The lowest BCUT2D eigenvalue weighted by Crippen LogP contribution is -2.26. The number of carboxylic acids is 1. The normalized spacial score (nSPS) is 24.2. The Balaban J connectivity index is 1.90. The number of nitrogens with zero attached hydrogens (tertiary/aromatic N) is 1. The van der Waals surface area contributed by atoms with E-state index in [0.717, 1.165) is 24.4 Å². The van der Waals surface area contributed by atoms with E-state index in [0.29, 0.717) is 18.0 Å². The van der Waals surface area contributed by atoms with Gasteiger partial charge in [-0.1, -0.05) is 12.8 Å². The molecule has 1 aromatic heterocycles. The Hall–Kier alpha value is -1.65. The van der Waals surface area contributed by atoms with Gasteiger partial charge in [-0.15, -0.1) is 0 Å². The molecule has 0 saturated heterocycles. The molecule has 1 fully saturated rings. The van der Waals surface area contributed by atoms with Crippen LogP contribution in [0, 0.1) is 5.92 Å². The molecule has 2 aliphatic rings. The van der Waals surface area contributed by atoms with Gasteiger partial charge in [-0.3, -0.25) is 9.59 Å². The average molecular weight is 248 g/mol. The summed E-state index contributed by atoms with van der Waals surface area (Å²) in [6, 6.07) is 0. The Bertz CT molecular complexity index is 500. The Morgan fingerprint density at radius 2 is 2.00 bits per heavy atom. The third kappa shape index (κ3) is 1.83. The van der Waals surface area contributed by atoms with Gasteiger partial charge in [0.05, 0.1) is 5.92 Å². The van der Waals surface area contributed by atoms with E-state index in [4.69, 9.17) is 5.11 Å². The molecule has 1 saturated carbocycles. The van der Waals surface area contributed by atoms with E-state index >= 15 is 0 Å². The number of rotatable bonds is 2. The number of aliphatic carboxylic acids is 1. The molecule has 1 heterocycles. The van der Waals surface area contributed by atoms with Crippen LogP contribution in [0.1, 0.15) is 60.0 Å². The molecule has 1 aromatic rings. The first-order valence-electron chi connectivity index (χ1n) is 6.50. The summed E-state index contributed by atoms with van der Waals surface area (Å²) >= 11 is 0. The first kappa shape index (κ1) is 11.4. The number of H-pyrrole nitrogens is 1. The number of aromatic nitrogens is 2. The molecule has 0 aliphatic heterocycles. The summed E-state index contributed by atoms with van der Waals surface area (Å²) in [4.78, 5) is 30.5. The van der Waals surface area contributed by atoms with Crippen LogP contribution in [0.15, 0.2) is 0 Å². The minimum Gasteiger partial charge on any atom is -0.481 e. The van der Waals surface area contributed by atoms with Crippen molar-refractivity contribution in [1.82, 2.24) is 9.97 Å². The number of nitrogens with one attached hydrogen (secondary N) is 1. The molecule has 0 amide bonds. The van der Waals surface area contributed by atoms with E-state index < -0.39 is 11.9 Å². The largest absolute Gasteiger partial charge is 0.481 e. The standard InChI is InChI=1S/C13H16N2O3/c16-10-6-8(13(17)18)5-9-11(10)15-12(14-9)7-3-1-2-4-7/h7-8H,1-6H2,(H,14,15)(H,17,18). The van der Waals surface area contributed by atoms with Crippen molar-refractivity contribution < 1.29 is 14.7 Å². The van der Waals surface area contributed by atoms with Crippen LogP contribution >= 0.6 is 0 Å². The molecule has 0 spiro atoms. The highest BCUT2D eigenvalue weighted by molar-refractivity contribution is 5.99. The number of carbonyl (C=O) groups is 2. The molecule has 0 aromatic carbocycles. The molecule has 18 heavy (non-hydrogen) atoms.